The highest BCUT2D eigenvalue weighted by Gasteiger charge is 2.03. The van der Waals surface area contributed by atoms with Crippen LogP contribution in [0.1, 0.15) is 18.1 Å². The molecule has 0 unspecified atom stereocenters. The largest absolute Gasteiger partial charge is 0.388 e. The van der Waals surface area contributed by atoms with E-state index in [9.17, 15) is 4.39 Å². The van der Waals surface area contributed by atoms with Gasteiger partial charge in [0, 0.05) is 12.7 Å². The molecule has 1 nitrogen and oxygen atoms in total. The summed E-state index contributed by atoms with van der Waals surface area (Å²) >= 11 is 0. The highest BCUT2D eigenvalue weighted by molar-refractivity contribution is 5.53. The Labute approximate surface area is 72.6 Å². The van der Waals surface area contributed by atoms with Crippen molar-refractivity contribution in [3.05, 3.63) is 29.1 Å². The lowest BCUT2D eigenvalue weighted by Gasteiger charge is -2.09. The van der Waals surface area contributed by atoms with Crippen molar-refractivity contribution in [2.45, 2.75) is 20.3 Å². The molecule has 2 heteroatoms. The van der Waals surface area contributed by atoms with Gasteiger partial charge in [-0.25, -0.2) is 4.39 Å². The van der Waals surface area contributed by atoms with E-state index in [0.717, 1.165) is 23.2 Å². The summed E-state index contributed by atoms with van der Waals surface area (Å²) in [6.07, 6.45) is 0.873. The molecule has 0 heterocycles. The van der Waals surface area contributed by atoms with Crippen LogP contribution >= 0.6 is 0 Å². The van der Waals surface area contributed by atoms with Gasteiger partial charge in [0.1, 0.15) is 5.82 Å². The number of aryl methyl sites for hydroxylation is 1. The standard InChI is InChI=1S/C10H14FN/c1-4-8-5-9(11)6-10(12-3)7(8)2/h5-6,12H,4H2,1-3H3. The maximum absolute atomic E-state index is 12.9. The van der Waals surface area contributed by atoms with E-state index in [1.165, 1.54) is 6.07 Å². The molecule has 1 aromatic rings. The topological polar surface area (TPSA) is 12.0 Å². The lowest BCUT2D eigenvalue weighted by molar-refractivity contribution is 0.625. The molecule has 12 heavy (non-hydrogen) atoms. The fraction of sp³-hybridized carbons (Fsp3) is 0.400. The summed E-state index contributed by atoms with van der Waals surface area (Å²) in [6, 6.07) is 3.12. The summed E-state index contributed by atoms with van der Waals surface area (Å²) in [5, 5.41) is 2.97. The molecule has 66 valence electrons. The van der Waals surface area contributed by atoms with E-state index in [4.69, 9.17) is 0 Å². The number of hydrogen-bond donors (Lipinski definition) is 1. The first kappa shape index (κ1) is 9.04. The number of hydrogen-bond acceptors (Lipinski definition) is 1. The van der Waals surface area contributed by atoms with Crippen molar-refractivity contribution in [2.24, 2.45) is 0 Å². The summed E-state index contributed by atoms with van der Waals surface area (Å²) in [4.78, 5) is 0. The average Bonchev–Trinajstić information content (AvgIpc) is 2.08. The molecule has 1 N–H and O–H groups in total. The van der Waals surface area contributed by atoms with E-state index >= 15 is 0 Å². The second-order valence-electron chi connectivity index (χ2n) is 2.84. The van der Waals surface area contributed by atoms with Gasteiger partial charge in [-0.2, -0.15) is 0 Å². The summed E-state index contributed by atoms with van der Waals surface area (Å²) in [6.45, 7) is 4.03. The number of halogens is 1. The summed E-state index contributed by atoms with van der Waals surface area (Å²) in [5.41, 5.74) is 3.09. The van der Waals surface area contributed by atoms with Crippen LogP contribution in [0, 0.1) is 12.7 Å². The molecule has 0 aliphatic heterocycles. The Morgan fingerprint density at radius 2 is 2.08 bits per heavy atom. The minimum atomic E-state index is -0.165. The van der Waals surface area contributed by atoms with E-state index in [1.54, 1.807) is 13.1 Å². The third-order valence-electron chi connectivity index (χ3n) is 2.13. The molecule has 0 aliphatic carbocycles. The molecule has 0 aromatic heterocycles. The van der Waals surface area contributed by atoms with Crippen molar-refractivity contribution in [3.63, 3.8) is 0 Å². The van der Waals surface area contributed by atoms with Crippen LogP contribution in [0.25, 0.3) is 0 Å². The molecule has 0 spiro atoms. The van der Waals surface area contributed by atoms with Gasteiger partial charge in [0.2, 0.25) is 0 Å². The smallest absolute Gasteiger partial charge is 0.125 e. The van der Waals surface area contributed by atoms with E-state index in [0.29, 0.717) is 0 Å². The summed E-state index contributed by atoms with van der Waals surface area (Å²) < 4.78 is 12.9. The molecule has 1 rings (SSSR count). The van der Waals surface area contributed by atoms with Crippen LogP contribution in [0.3, 0.4) is 0 Å². The maximum Gasteiger partial charge on any atom is 0.125 e. The Morgan fingerprint density at radius 3 is 2.58 bits per heavy atom. The number of anilines is 1. The van der Waals surface area contributed by atoms with Gasteiger partial charge in [-0.05, 0) is 36.6 Å². The van der Waals surface area contributed by atoms with Crippen LogP contribution in [-0.2, 0) is 6.42 Å². The summed E-state index contributed by atoms with van der Waals surface area (Å²) in [7, 11) is 1.81. The molecule has 0 radical (unpaired) electrons. The molecule has 0 saturated carbocycles. The quantitative estimate of drug-likeness (QED) is 0.714. The predicted molar refractivity (Wildman–Crippen MR) is 50.1 cm³/mol. The second-order valence-corrected chi connectivity index (χ2v) is 2.84. The molecule has 0 fully saturated rings. The maximum atomic E-state index is 12.9. The zero-order valence-corrected chi connectivity index (χ0v) is 7.74. The van der Waals surface area contributed by atoms with Crippen LogP contribution in [0.5, 0.6) is 0 Å². The molecular formula is C10H14FN. The Morgan fingerprint density at radius 1 is 1.42 bits per heavy atom. The van der Waals surface area contributed by atoms with Gasteiger partial charge in [-0.1, -0.05) is 6.92 Å². The zero-order valence-electron chi connectivity index (χ0n) is 7.74. The third-order valence-corrected chi connectivity index (χ3v) is 2.13. The van der Waals surface area contributed by atoms with Crippen LogP contribution in [0.2, 0.25) is 0 Å². The first-order valence-corrected chi connectivity index (χ1v) is 4.15. The van der Waals surface area contributed by atoms with Gasteiger partial charge >= 0.3 is 0 Å². The van der Waals surface area contributed by atoms with Gasteiger partial charge in [0.15, 0.2) is 0 Å². The van der Waals surface area contributed by atoms with Crippen molar-refractivity contribution in [3.8, 4) is 0 Å². The monoisotopic (exact) mass is 167 g/mol. The zero-order chi connectivity index (χ0) is 9.14. The number of rotatable bonds is 2. The fourth-order valence-corrected chi connectivity index (χ4v) is 1.36. The highest BCUT2D eigenvalue weighted by atomic mass is 19.1. The molecule has 0 amide bonds. The van der Waals surface area contributed by atoms with Crippen molar-refractivity contribution in [1.82, 2.24) is 0 Å². The first-order chi connectivity index (χ1) is 5.69. The normalized spacial score (nSPS) is 10.0. The lowest BCUT2D eigenvalue weighted by Crippen LogP contribution is -1.97. The van der Waals surface area contributed by atoms with E-state index in [-0.39, 0.29) is 5.82 Å². The Hall–Kier alpha value is -1.05. The van der Waals surface area contributed by atoms with Crippen molar-refractivity contribution < 1.29 is 4.39 Å². The minimum Gasteiger partial charge on any atom is -0.388 e. The molecule has 0 atom stereocenters. The van der Waals surface area contributed by atoms with Crippen molar-refractivity contribution in [2.75, 3.05) is 12.4 Å². The number of nitrogens with one attached hydrogen (secondary N) is 1. The molecular weight excluding hydrogens is 153 g/mol. The van der Waals surface area contributed by atoms with Gasteiger partial charge < -0.3 is 5.32 Å². The minimum absolute atomic E-state index is 0.165. The Kier molecular flexibility index (Phi) is 2.69. The van der Waals surface area contributed by atoms with Gasteiger partial charge in [-0.15, -0.1) is 0 Å². The molecule has 0 bridgehead atoms. The van der Waals surface area contributed by atoms with E-state index in [2.05, 4.69) is 5.32 Å². The molecule has 0 saturated heterocycles. The highest BCUT2D eigenvalue weighted by Crippen LogP contribution is 2.20. The van der Waals surface area contributed by atoms with Gasteiger partial charge in [-0.3, -0.25) is 0 Å². The fourth-order valence-electron chi connectivity index (χ4n) is 1.36. The molecule has 0 aliphatic rings. The predicted octanol–water partition coefficient (Wildman–Crippen LogP) is 2.74. The van der Waals surface area contributed by atoms with Crippen molar-refractivity contribution >= 4 is 5.69 Å². The number of benzene rings is 1. The van der Waals surface area contributed by atoms with E-state index < -0.39 is 0 Å². The Balaban J connectivity index is 3.22. The molecule has 1 aromatic carbocycles. The van der Waals surface area contributed by atoms with Crippen LogP contribution in [0.15, 0.2) is 12.1 Å². The van der Waals surface area contributed by atoms with E-state index in [1.807, 2.05) is 13.8 Å². The average molecular weight is 167 g/mol. The van der Waals surface area contributed by atoms with Crippen molar-refractivity contribution in [1.29, 1.82) is 0 Å². The first-order valence-electron chi connectivity index (χ1n) is 4.15. The van der Waals surface area contributed by atoms with Gasteiger partial charge in [0.05, 0.1) is 0 Å². The Bertz CT molecular complexity index is 256. The third kappa shape index (κ3) is 1.58. The SMILES string of the molecule is CCc1cc(F)cc(NC)c1C. The second kappa shape index (κ2) is 3.57. The lowest BCUT2D eigenvalue weighted by atomic mass is 10.0. The van der Waals surface area contributed by atoms with Gasteiger partial charge in [0.25, 0.3) is 0 Å². The van der Waals surface area contributed by atoms with Crippen LogP contribution in [0.4, 0.5) is 10.1 Å². The summed E-state index contributed by atoms with van der Waals surface area (Å²) in [5.74, 6) is -0.165. The van der Waals surface area contributed by atoms with Crippen LogP contribution in [-0.4, -0.2) is 7.05 Å². The van der Waals surface area contributed by atoms with Crippen LogP contribution < -0.4 is 5.32 Å².